The van der Waals surface area contributed by atoms with Crippen LogP contribution in [0.3, 0.4) is 0 Å². The van der Waals surface area contributed by atoms with Crippen LogP contribution in [-0.2, 0) is 13.0 Å². The first-order valence-corrected chi connectivity index (χ1v) is 6.84. The van der Waals surface area contributed by atoms with Gasteiger partial charge in [0.05, 0.1) is 11.6 Å². The summed E-state index contributed by atoms with van der Waals surface area (Å²) in [4.78, 5) is 10.9. The summed E-state index contributed by atoms with van der Waals surface area (Å²) in [5.74, 6) is 1.42. The Bertz CT molecular complexity index is 701. The van der Waals surface area contributed by atoms with E-state index < -0.39 is 0 Å². The Morgan fingerprint density at radius 2 is 2.32 bits per heavy atom. The third kappa shape index (κ3) is 2.24. The van der Waals surface area contributed by atoms with Crippen LogP contribution < -0.4 is 11.1 Å². The number of H-pyrrole nitrogens is 1. The molecule has 0 aromatic carbocycles. The fraction of sp³-hybridized carbons (Fsp3) is 0.250. The number of nitrogens with zero attached hydrogens (tertiary/aromatic N) is 3. The predicted octanol–water partition coefficient (Wildman–Crippen LogP) is 2.17. The molecule has 0 unspecified atom stereocenters. The highest BCUT2D eigenvalue weighted by Gasteiger charge is 2.08. The molecule has 0 amide bonds. The molecule has 0 saturated carbocycles. The van der Waals surface area contributed by atoms with E-state index in [0.717, 1.165) is 28.0 Å². The van der Waals surface area contributed by atoms with Gasteiger partial charge in [0, 0.05) is 17.0 Å². The van der Waals surface area contributed by atoms with Gasteiger partial charge in [-0.3, -0.25) is 5.10 Å². The SMILES string of the molecule is CCc1cc2c(NCc3cn[nH]c3N)ncnc2s1. The standard InChI is InChI=1S/C12H14N6S/c1-2-8-3-9-11(15-6-16-12(9)19-8)14-4-7-5-17-18-10(7)13/h3,5-6H,2,4H2,1H3,(H3,13,17,18)(H,14,15,16). The Balaban J connectivity index is 1.88. The fourth-order valence-electron chi connectivity index (χ4n) is 1.86. The minimum absolute atomic E-state index is 0.581. The lowest BCUT2D eigenvalue weighted by Crippen LogP contribution is -2.03. The van der Waals surface area contributed by atoms with Crippen molar-refractivity contribution in [2.24, 2.45) is 0 Å². The molecule has 0 aliphatic rings. The lowest BCUT2D eigenvalue weighted by Gasteiger charge is -2.05. The molecule has 0 radical (unpaired) electrons. The largest absolute Gasteiger partial charge is 0.384 e. The van der Waals surface area contributed by atoms with Gasteiger partial charge >= 0.3 is 0 Å². The average molecular weight is 274 g/mol. The molecule has 7 heteroatoms. The van der Waals surface area contributed by atoms with E-state index in [1.165, 1.54) is 4.88 Å². The number of nitrogen functional groups attached to an aromatic ring is 1. The van der Waals surface area contributed by atoms with Gasteiger partial charge in [-0.1, -0.05) is 6.92 Å². The van der Waals surface area contributed by atoms with Crippen LogP contribution in [0.1, 0.15) is 17.4 Å². The average Bonchev–Trinajstić information content (AvgIpc) is 3.02. The van der Waals surface area contributed by atoms with Crippen molar-refractivity contribution in [3.05, 3.63) is 29.0 Å². The second-order valence-electron chi connectivity index (χ2n) is 4.17. The predicted molar refractivity (Wildman–Crippen MR) is 77.1 cm³/mol. The third-order valence-corrected chi connectivity index (χ3v) is 4.11. The number of rotatable bonds is 4. The molecule has 0 aliphatic heterocycles. The molecule has 4 N–H and O–H groups in total. The second kappa shape index (κ2) is 4.85. The second-order valence-corrected chi connectivity index (χ2v) is 5.29. The van der Waals surface area contributed by atoms with Gasteiger partial charge in [-0.15, -0.1) is 11.3 Å². The molecule has 3 aromatic heterocycles. The van der Waals surface area contributed by atoms with E-state index in [1.807, 2.05) is 0 Å². The van der Waals surface area contributed by atoms with Crippen molar-refractivity contribution in [1.29, 1.82) is 0 Å². The van der Waals surface area contributed by atoms with E-state index in [9.17, 15) is 0 Å². The number of hydrogen-bond donors (Lipinski definition) is 3. The van der Waals surface area contributed by atoms with Gasteiger partial charge in [-0.25, -0.2) is 9.97 Å². The molecule has 98 valence electrons. The number of nitrogens with one attached hydrogen (secondary N) is 2. The molecular formula is C12H14N6S. The Morgan fingerprint density at radius 3 is 3.05 bits per heavy atom. The highest BCUT2D eigenvalue weighted by atomic mass is 32.1. The van der Waals surface area contributed by atoms with Crippen molar-refractivity contribution < 1.29 is 0 Å². The van der Waals surface area contributed by atoms with Crippen LogP contribution >= 0.6 is 11.3 Å². The fourth-order valence-corrected chi connectivity index (χ4v) is 2.80. The first-order chi connectivity index (χ1) is 9.28. The molecule has 0 aliphatic carbocycles. The maximum Gasteiger partial charge on any atom is 0.138 e. The van der Waals surface area contributed by atoms with Crippen LogP contribution in [-0.4, -0.2) is 20.2 Å². The number of anilines is 2. The molecule has 6 nitrogen and oxygen atoms in total. The van der Waals surface area contributed by atoms with Crippen molar-refractivity contribution in [3.8, 4) is 0 Å². The summed E-state index contributed by atoms with van der Waals surface area (Å²) in [6, 6.07) is 2.14. The number of aromatic amines is 1. The molecule has 0 fully saturated rings. The molecule has 19 heavy (non-hydrogen) atoms. The van der Waals surface area contributed by atoms with Crippen molar-refractivity contribution in [2.45, 2.75) is 19.9 Å². The Kier molecular flexibility index (Phi) is 3.04. The molecule has 3 aromatic rings. The van der Waals surface area contributed by atoms with Crippen molar-refractivity contribution in [3.63, 3.8) is 0 Å². The van der Waals surface area contributed by atoms with Gasteiger partial charge in [-0.05, 0) is 12.5 Å². The minimum Gasteiger partial charge on any atom is -0.384 e. The summed E-state index contributed by atoms with van der Waals surface area (Å²) in [5.41, 5.74) is 6.68. The van der Waals surface area contributed by atoms with E-state index in [4.69, 9.17) is 5.73 Å². The maximum atomic E-state index is 5.75. The van der Waals surface area contributed by atoms with Gasteiger partial charge in [0.1, 0.15) is 22.8 Å². The normalized spacial score (nSPS) is 11.0. The molecule has 3 heterocycles. The quantitative estimate of drug-likeness (QED) is 0.678. The maximum absolute atomic E-state index is 5.75. The highest BCUT2D eigenvalue weighted by Crippen LogP contribution is 2.28. The molecular weight excluding hydrogens is 260 g/mol. The molecule has 0 spiro atoms. The summed E-state index contributed by atoms with van der Waals surface area (Å²) in [5, 5.41) is 11.0. The number of hydrogen-bond acceptors (Lipinski definition) is 6. The Hall–Kier alpha value is -2.15. The summed E-state index contributed by atoms with van der Waals surface area (Å²) in [7, 11) is 0. The number of aromatic nitrogens is 4. The molecule has 0 atom stereocenters. The first-order valence-electron chi connectivity index (χ1n) is 6.03. The van der Waals surface area contributed by atoms with Crippen molar-refractivity contribution in [1.82, 2.24) is 20.2 Å². The van der Waals surface area contributed by atoms with Crippen molar-refractivity contribution >= 4 is 33.2 Å². The molecule has 0 saturated heterocycles. The zero-order chi connectivity index (χ0) is 13.2. The first kappa shape index (κ1) is 11.9. The zero-order valence-corrected chi connectivity index (χ0v) is 11.3. The Morgan fingerprint density at radius 1 is 1.42 bits per heavy atom. The number of nitrogens with two attached hydrogens (primary N) is 1. The van der Waals surface area contributed by atoms with E-state index in [1.54, 1.807) is 23.9 Å². The van der Waals surface area contributed by atoms with Gasteiger partial charge in [0.2, 0.25) is 0 Å². The van der Waals surface area contributed by atoms with E-state index in [2.05, 4.69) is 38.5 Å². The molecule has 3 rings (SSSR count). The van der Waals surface area contributed by atoms with Gasteiger partial charge in [0.15, 0.2) is 0 Å². The van der Waals surface area contributed by atoms with Crippen LogP contribution in [0.2, 0.25) is 0 Å². The van der Waals surface area contributed by atoms with Crippen molar-refractivity contribution in [2.75, 3.05) is 11.1 Å². The van der Waals surface area contributed by atoms with Crippen LogP contribution in [0.25, 0.3) is 10.2 Å². The van der Waals surface area contributed by atoms with Crippen LogP contribution in [0, 0.1) is 0 Å². The Labute approximate surface area is 114 Å². The van der Waals surface area contributed by atoms with E-state index in [0.29, 0.717) is 12.4 Å². The number of fused-ring (bicyclic) bond motifs is 1. The van der Waals surface area contributed by atoms with Crippen LogP contribution in [0.5, 0.6) is 0 Å². The number of thiophene rings is 1. The summed E-state index contributed by atoms with van der Waals surface area (Å²) in [6.07, 6.45) is 4.31. The van der Waals surface area contributed by atoms with E-state index in [-0.39, 0.29) is 0 Å². The lowest BCUT2D eigenvalue weighted by atomic mass is 10.3. The van der Waals surface area contributed by atoms with Gasteiger partial charge in [-0.2, -0.15) is 5.10 Å². The summed E-state index contributed by atoms with van der Waals surface area (Å²) >= 11 is 1.70. The van der Waals surface area contributed by atoms with Gasteiger partial charge < -0.3 is 11.1 Å². The topological polar surface area (TPSA) is 92.5 Å². The summed E-state index contributed by atoms with van der Waals surface area (Å²) in [6.45, 7) is 2.73. The lowest BCUT2D eigenvalue weighted by molar-refractivity contribution is 1.10. The third-order valence-electron chi connectivity index (χ3n) is 2.93. The zero-order valence-electron chi connectivity index (χ0n) is 10.5. The van der Waals surface area contributed by atoms with E-state index >= 15 is 0 Å². The number of aryl methyl sites for hydroxylation is 1. The smallest absolute Gasteiger partial charge is 0.138 e. The van der Waals surface area contributed by atoms with Gasteiger partial charge in [0.25, 0.3) is 0 Å². The van der Waals surface area contributed by atoms with Crippen LogP contribution in [0.4, 0.5) is 11.6 Å². The monoisotopic (exact) mass is 274 g/mol. The van der Waals surface area contributed by atoms with Crippen LogP contribution in [0.15, 0.2) is 18.6 Å². The summed E-state index contributed by atoms with van der Waals surface area (Å²) < 4.78 is 0. The molecule has 0 bridgehead atoms. The highest BCUT2D eigenvalue weighted by molar-refractivity contribution is 7.18. The minimum atomic E-state index is 0.581.